The van der Waals surface area contributed by atoms with E-state index >= 15 is 0 Å². The van der Waals surface area contributed by atoms with Crippen molar-refractivity contribution in [2.75, 3.05) is 13.1 Å². The lowest BCUT2D eigenvalue weighted by atomic mass is 9.90. The number of carbonyl (C=O) groups is 1. The minimum Gasteiger partial charge on any atom is -0.342 e. The van der Waals surface area contributed by atoms with E-state index in [1.807, 2.05) is 0 Å². The Bertz CT molecular complexity index is 448. The van der Waals surface area contributed by atoms with Gasteiger partial charge in [0.25, 0.3) is 0 Å². The number of likely N-dealkylation sites (tertiary alicyclic amines) is 1. The van der Waals surface area contributed by atoms with Gasteiger partial charge in [0.1, 0.15) is 0 Å². The molecule has 20 heavy (non-hydrogen) atoms. The van der Waals surface area contributed by atoms with Crippen LogP contribution in [0.3, 0.4) is 0 Å². The molecule has 0 spiro atoms. The van der Waals surface area contributed by atoms with Crippen LogP contribution in [0.25, 0.3) is 0 Å². The maximum Gasteiger partial charge on any atom is 0.225 e. The highest BCUT2D eigenvalue weighted by atomic mass is 16.2. The highest BCUT2D eigenvalue weighted by molar-refractivity contribution is 5.81. The normalized spacial score (nSPS) is 26.6. The number of hydrogen-bond acceptors (Lipinski definition) is 1. The lowest BCUT2D eigenvalue weighted by Gasteiger charge is -2.32. The summed E-state index contributed by atoms with van der Waals surface area (Å²) < 4.78 is 0. The standard InChI is InChI=1S/C18H25NO/c1-14-13-17(14)18(20)19-11-9-16(10-12-19)8-7-15-5-3-2-4-6-15/h2-6,14,16-17H,7-13H2,1H3. The van der Waals surface area contributed by atoms with Crippen LogP contribution in [0, 0.1) is 17.8 Å². The summed E-state index contributed by atoms with van der Waals surface area (Å²) in [6.07, 6.45) is 5.96. The first kappa shape index (κ1) is 13.7. The maximum atomic E-state index is 12.2. The van der Waals surface area contributed by atoms with E-state index in [9.17, 15) is 4.79 Å². The number of carbonyl (C=O) groups excluding carboxylic acids is 1. The van der Waals surface area contributed by atoms with Gasteiger partial charge >= 0.3 is 0 Å². The van der Waals surface area contributed by atoms with Gasteiger partial charge in [-0.05, 0) is 49.5 Å². The molecule has 0 bridgehead atoms. The molecule has 108 valence electrons. The Balaban J connectivity index is 1.41. The molecule has 0 aromatic heterocycles. The number of nitrogens with zero attached hydrogens (tertiary/aromatic N) is 1. The van der Waals surface area contributed by atoms with Gasteiger partial charge in [-0.15, -0.1) is 0 Å². The van der Waals surface area contributed by atoms with Crippen molar-refractivity contribution in [3.63, 3.8) is 0 Å². The molecule has 2 nitrogen and oxygen atoms in total. The Labute approximate surface area is 122 Å². The van der Waals surface area contributed by atoms with Crippen molar-refractivity contribution in [2.24, 2.45) is 17.8 Å². The first-order valence-electron chi connectivity index (χ1n) is 8.07. The quantitative estimate of drug-likeness (QED) is 0.820. The van der Waals surface area contributed by atoms with E-state index in [0.29, 0.717) is 17.7 Å². The summed E-state index contributed by atoms with van der Waals surface area (Å²) in [5.74, 6) is 2.23. The Kier molecular flexibility index (Phi) is 4.09. The van der Waals surface area contributed by atoms with Crippen molar-refractivity contribution in [2.45, 2.75) is 39.0 Å². The molecule has 0 radical (unpaired) electrons. The van der Waals surface area contributed by atoms with Crippen LogP contribution < -0.4 is 0 Å². The van der Waals surface area contributed by atoms with Gasteiger partial charge in [-0.3, -0.25) is 4.79 Å². The largest absolute Gasteiger partial charge is 0.342 e. The second kappa shape index (κ2) is 5.99. The molecular formula is C18H25NO. The van der Waals surface area contributed by atoms with Crippen LogP contribution in [0.4, 0.5) is 0 Å². The van der Waals surface area contributed by atoms with E-state index in [2.05, 4.69) is 42.2 Å². The zero-order valence-electron chi connectivity index (χ0n) is 12.4. The van der Waals surface area contributed by atoms with Gasteiger partial charge in [-0.1, -0.05) is 37.3 Å². The van der Waals surface area contributed by atoms with Crippen LogP contribution in [-0.4, -0.2) is 23.9 Å². The molecule has 1 saturated heterocycles. The van der Waals surface area contributed by atoms with E-state index in [4.69, 9.17) is 0 Å². The second-order valence-electron chi connectivity index (χ2n) is 6.61. The van der Waals surface area contributed by atoms with Crippen LogP contribution in [-0.2, 0) is 11.2 Å². The van der Waals surface area contributed by atoms with Gasteiger partial charge < -0.3 is 4.90 Å². The smallest absolute Gasteiger partial charge is 0.225 e. The van der Waals surface area contributed by atoms with Gasteiger partial charge in [0.05, 0.1) is 0 Å². The number of benzene rings is 1. The molecule has 2 heteroatoms. The molecule has 1 saturated carbocycles. The third-order valence-electron chi connectivity index (χ3n) is 5.04. The number of rotatable bonds is 4. The number of amides is 1. The molecule has 1 amide bonds. The minimum atomic E-state index is 0.357. The average Bonchev–Trinajstić information content (AvgIpc) is 3.23. The summed E-state index contributed by atoms with van der Waals surface area (Å²) in [7, 11) is 0. The summed E-state index contributed by atoms with van der Waals surface area (Å²) in [6.45, 7) is 4.16. The fraction of sp³-hybridized carbons (Fsp3) is 0.611. The summed E-state index contributed by atoms with van der Waals surface area (Å²) in [6, 6.07) is 10.7. The van der Waals surface area contributed by atoms with E-state index in [1.54, 1.807) is 0 Å². The number of hydrogen-bond donors (Lipinski definition) is 0. The summed E-state index contributed by atoms with van der Waals surface area (Å²) in [5.41, 5.74) is 1.44. The number of aryl methyl sites for hydroxylation is 1. The zero-order valence-corrected chi connectivity index (χ0v) is 12.4. The Morgan fingerprint density at radius 1 is 1.20 bits per heavy atom. The van der Waals surface area contributed by atoms with E-state index < -0.39 is 0 Å². The van der Waals surface area contributed by atoms with Crippen LogP contribution in [0.1, 0.15) is 38.2 Å². The molecule has 2 fully saturated rings. The molecule has 1 aromatic carbocycles. The maximum absolute atomic E-state index is 12.2. The SMILES string of the molecule is CC1CC1C(=O)N1CCC(CCc2ccccc2)CC1. The molecule has 2 unspecified atom stereocenters. The molecule has 1 aliphatic heterocycles. The van der Waals surface area contributed by atoms with Gasteiger partial charge in [0.2, 0.25) is 5.91 Å². The van der Waals surface area contributed by atoms with Crippen molar-refractivity contribution in [1.82, 2.24) is 4.90 Å². The van der Waals surface area contributed by atoms with Crippen molar-refractivity contribution in [3.05, 3.63) is 35.9 Å². The van der Waals surface area contributed by atoms with E-state index in [0.717, 1.165) is 25.4 Å². The summed E-state index contributed by atoms with van der Waals surface area (Å²) >= 11 is 0. The van der Waals surface area contributed by atoms with Crippen LogP contribution in [0.5, 0.6) is 0 Å². The average molecular weight is 271 g/mol. The topological polar surface area (TPSA) is 20.3 Å². The third kappa shape index (κ3) is 3.23. The molecule has 1 heterocycles. The van der Waals surface area contributed by atoms with Gasteiger partial charge in [0, 0.05) is 19.0 Å². The molecule has 2 atom stereocenters. The summed E-state index contributed by atoms with van der Waals surface area (Å²) in [4.78, 5) is 14.3. The molecular weight excluding hydrogens is 246 g/mol. The fourth-order valence-corrected chi connectivity index (χ4v) is 3.36. The first-order chi connectivity index (χ1) is 9.74. The van der Waals surface area contributed by atoms with E-state index in [1.165, 1.54) is 31.2 Å². The Morgan fingerprint density at radius 2 is 1.85 bits per heavy atom. The van der Waals surface area contributed by atoms with Gasteiger partial charge in [-0.25, -0.2) is 0 Å². The van der Waals surface area contributed by atoms with Gasteiger partial charge in [-0.2, -0.15) is 0 Å². The lowest BCUT2D eigenvalue weighted by Crippen LogP contribution is -2.39. The Morgan fingerprint density at radius 3 is 2.45 bits per heavy atom. The molecule has 3 rings (SSSR count). The van der Waals surface area contributed by atoms with Crippen LogP contribution in [0.15, 0.2) is 30.3 Å². The predicted molar refractivity (Wildman–Crippen MR) is 81.3 cm³/mol. The fourth-order valence-electron chi connectivity index (χ4n) is 3.36. The second-order valence-corrected chi connectivity index (χ2v) is 6.61. The van der Waals surface area contributed by atoms with Gasteiger partial charge in [0.15, 0.2) is 0 Å². The third-order valence-corrected chi connectivity index (χ3v) is 5.04. The molecule has 1 aromatic rings. The van der Waals surface area contributed by atoms with Crippen molar-refractivity contribution >= 4 is 5.91 Å². The highest BCUT2D eigenvalue weighted by Gasteiger charge is 2.41. The minimum absolute atomic E-state index is 0.357. The van der Waals surface area contributed by atoms with Crippen molar-refractivity contribution in [1.29, 1.82) is 0 Å². The summed E-state index contributed by atoms with van der Waals surface area (Å²) in [5, 5.41) is 0. The monoisotopic (exact) mass is 271 g/mol. The zero-order chi connectivity index (χ0) is 13.9. The Hall–Kier alpha value is -1.31. The van der Waals surface area contributed by atoms with Crippen molar-refractivity contribution < 1.29 is 4.79 Å². The highest BCUT2D eigenvalue weighted by Crippen LogP contribution is 2.40. The number of piperidine rings is 1. The van der Waals surface area contributed by atoms with Crippen molar-refractivity contribution in [3.8, 4) is 0 Å². The molecule has 1 aliphatic carbocycles. The van der Waals surface area contributed by atoms with Crippen LogP contribution >= 0.6 is 0 Å². The molecule has 0 N–H and O–H groups in total. The molecule has 2 aliphatic rings. The predicted octanol–water partition coefficient (Wildman–Crippen LogP) is 3.51. The first-order valence-corrected chi connectivity index (χ1v) is 8.07. The lowest BCUT2D eigenvalue weighted by molar-refractivity contribution is -0.134. The van der Waals surface area contributed by atoms with E-state index in [-0.39, 0.29) is 0 Å². The van der Waals surface area contributed by atoms with Crippen LogP contribution in [0.2, 0.25) is 0 Å².